The summed E-state index contributed by atoms with van der Waals surface area (Å²) < 4.78 is 20.6. The third-order valence-electron chi connectivity index (χ3n) is 7.05. The van der Waals surface area contributed by atoms with Gasteiger partial charge in [0.05, 0.1) is 18.5 Å². The van der Waals surface area contributed by atoms with E-state index in [0.717, 1.165) is 51.7 Å². The van der Waals surface area contributed by atoms with E-state index in [1.54, 1.807) is 6.07 Å². The molecule has 10 heteroatoms. The van der Waals surface area contributed by atoms with Crippen LogP contribution in [0.1, 0.15) is 32.1 Å². The van der Waals surface area contributed by atoms with E-state index >= 15 is 4.39 Å². The van der Waals surface area contributed by atoms with Crippen LogP contribution in [-0.2, 0) is 9.59 Å². The number of carbonyl (C=O) groups excluding carboxylic acids is 2. The molecule has 0 saturated carbocycles. The minimum atomic E-state index is -0.595. The number of amides is 2. The summed E-state index contributed by atoms with van der Waals surface area (Å²) in [6, 6.07) is 2.48. The highest BCUT2D eigenvalue weighted by atomic mass is 19.1. The molecule has 0 bridgehead atoms. The topological polar surface area (TPSA) is 103 Å². The van der Waals surface area contributed by atoms with E-state index in [2.05, 4.69) is 20.4 Å². The Balaban J connectivity index is 1.32. The average molecular weight is 463 g/mol. The number of nitrogens with two attached hydrogens (primary N) is 1. The molecule has 1 unspecified atom stereocenters. The van der Waals surface area contributed by atoms with E-state index in [1.165, 1.54) is 32.4 Å². The number of ether oxygens (including phenoxy) is 1. The first-order valence-electron chi connectivity index (χ1n) is 11.9. The van der Waals surface area contributed by atoms with Gasteiger partial charge in [-0.15, -0.1) is 0 Å². The fourth-order valence-corrected chi connectivity index (χ4v) is 4.90. The molecule has 182 valence electrons. The van der Waals surface area contributed by atoms with Gasteiger partial charge in [-0.3, -0.25) is 25.6 Å². The fourth-order valence-electron chi connectivity index (χ4n) is 4.90. The number of nitrogens with one attached hydrogen (secondary N) is 2. The van der Waals surface area contributed by atoms with Gasteiger partial charge in [0.15, 0.2) is 0 Å². The summed E-state index contributed by atoms with van der Waals surface area (Å²) in [5.74, 6) is 6.03. The first-order chi connectivity index (χ1) is 15.9. The van der Waals surface area contributed by atoms with Crippen molar-refractivity contribution >= 4 is 23.2 Å². The van der Waals surface area contributed by atoms with Crippen LogP contribution in [0.3, 0.4) is 0 Å². The fraction of sp³-hybridized carbons (Fsp3) is 0.652. The maximum atomic E-state index is 15.1. The van der Waals surface area contributed by atoms with Crippen molar-refractivity contribution in [1.29, 1.82) is 0 Å². The summed E-state index contributed by atoms with van der Waals surface area (Å²) in [5, 5.41) is 7.25. The predicted molar refractivity (Wildman–Crippen MR) is 125 cm³/mol. The van der Waals surface area contributed by atoms with E-state index < -0.39 is 11.9 Å². The summed E-state index contributed by atoms with van der Waals surface area (Å²) >= 11 is 0. The van der Waals surface area contributed by atoms with Crippen LogP contribution in [0.4, 0.5) is 15.8 Å². The van der Waals surface area contributed by atoms with Gasteiger partial charge in [0.1, 0.15) is 17.6 Å². The highest BCUT2D eigenvalue weighted by Gasteiger charge is 2.28. The molecule has 3 heterocycles. The highest BCUT2D eigenvalue weighted by Crippen LogP contribution is 2.34. The lowest BCUT2D eigenvalue weighted by Crippen LogP contribution is -2.48. The third-order valence-corrected chi connectivity index (χ3v) is 7.05. The number of methoxy groups -OCH3 is 1. The van der Waals surface area contributed by atoms with E-state index in [4.69, 9.17) is 10.6 Å². The Morgan fingerprint density at radius 3 is 2.52 bits per heavy atom. The van der Waals surface area contributed by atoms with Gasteiger partial charge in [-0.05, 0) is 38.1 Å². The third kappa shape index (κ3) is 5.93. The molecule has 0 aromatic heterocycles. The number of halogens is 1. The molecule has 2 amide bonds. The van der Waals surface area contributed by atoms with Crippen molar-refractivity contribution in [2.24, 2.45) is 11.8 Å². The van der Waals surface area contributed by atoms with Crippen LogP contribution in [-0.4, -0.2) is 80.7 Å². The van der Waals surface area contributed by atoms with Gasteiger partial charge in [-0.2, -0.15) is 0 Å². The Labute approximate surface area is 194 Å². The Morgan fingerprint density at radius 1 is 1.12 bits per heavy atom. The summed E-state index contributed by atoms with van der Waals surface area (Å²) in [4.78, 5) is 27.9. The Kier molecular flexibility index (Phi) is 7.67. The number of piperidine rings is 2. The standard InChI is InChI=1S/C23H35FN6O3/c1-33-21-15-20(17(24)14-19(21)26-18-2-3-22(31)27-23(18)32)29-12-10-28(11-13-29)7-4-16-5-8-30(25)9-6-16/h14-16,18,26H,2-13,25H2,1H3,(H,27,31,32). The van der Waals surface area contributed by atoms with E-state index in [9.17, 15) is 9.59 Å². The zero-order valence-corrected chi connectivity index (χ0v) is 19.3. The molecule has 1 atom stereocenters. The number of rotatable bonds is 7. The van der Waals surface area contributed by atoms with Crippen molar-refractivity contribution in [2.45, 2.75) is 38.1 Å². The van der Waals surface area contributed by atoms with Gasteiger partial charge < -0.3 is 15.0 Å². The number of piperazine rings is 1. The van der Waals surface area contributed by atoms with Crippen LogP contribution in [0.25, 0.3) is 0 Å². The molecule has 9 nitrogen and oxygen atoms in total. The van der Waals surface area contributed by atoms with Crippen molar-refractivity contribution in [3.8, 4) is 5.75 Å². The second-order valence-corrected chi connectivity index (χ2v) is 9.25. The van der Waals surface area contributed by atoms with Crippen LogP contribution in [0.15, 0.2) is 12.1 Å². The lowest BCUT2D eigenvalue weighted by Gasteiger charge is -2.37. The lowest BCUT2D eigenvalue weighted by molar-refractivity contribution is -0.133. The molecule has 33 heavy (non-hydrogen) atoms. The largest absolute Gasteiger partial charge is 0.495 e. The number of carbonyl (C=O) groups is 2. The summed E-state index contributed by atoms with van der Waals surface area (Å²) in [6.45, 7) is 6.33. The van der Waals surface area contributed by atoms with Crippen molar-refractivity contribution in [3.05, 3.63) is 17.9 Å². The van der Waals surface area contributed by atoms with E-state index in [1.807, 2.05) is 5.01 Å². The quantitative estimate of drug-likeness (QED) is 0.410. The molecule has 4 N–H and O–H groups in total. The van der Waals surface area contributed by atoms with Gasteiger partial charge in [0, 0.05) is 57.8 Å². The van der Waals surface area contributed by atoms with E-state index in [-0.39, 0.29) is 18.1 Å². The van der Waals surface area contributed by atoms with Gasteiger partial charge in [0.2, 0.25) is 11.8 Å². The van der Waals surface area contributed by atoms with Crippen LogP contribution < -0.4 is 26.1 Å². The van der Waals surface area contributed by atoms with Crippen molar-refractivity contribution in [1.82, 2.24) is 15.2 Å². The smallest absolute Gasteiger partial charge is 0.249 e. The first-order valence-corrected chi connectivity index (χ1v) is 11.9. The van der Waals surface area contributed by atoms with Crippen LogP contribution in [0, 0.1) is 11.7 Å². The van der Waals surface area contributed by atoms with Crippen molar-refractivity contribution in [3.63, 3.8) is 0 Å². The number of hydrogen-bond donors (Lipinski definition) is 3. The Morgan fingerprint density at radius 2 is 1.85 bits per heavy atom. The number of anilines is 2. The molecule has 4 rings (SSSR count). The lowest BCUT2D eigenvalue weighted by atomic mass is 9.94. The number of hydrogen-bond acceptors (Lipinski definition) is 8. The molecular formula is C23H35FN6O3. The molecule has 0 spiro atoms. The summed E-state index contributed by atoms with van der Waals surface area (Å²) in [6.07, 6.45) is 4.14. The van der Waals surface area contributed by atoms with Crippen molar-refractivity contribution < 1.29 is 18.7 Å². The molecule has 1 aromatic rings. The molecule has 0 aliphatic carbocycles. The van der Waals surface area contributed by atoms with Gasteiger partial charge in [-0.25, -0.2) is 9.40 Å². The SMILES string of the molecule is COc1cc(N2CCN(CCC3CCN(N)CC3)CC2)c(F)cc1NC1CCC(=O)NC1=O. The number of imide groups is 1. The second-order valence-electron chi connectivity index (χ2n) is 9.25. The monoisotopic (exact) mass is 462 g/mol. The average Bonchev–Trinajstić information content (AvgIpc) is 2.81. The molecular weight excluding hydrogens is 427 g/mol. The molecule has 3 fully saturated rings. The Bertz CT molecular complexity index is 853. The minimum absolute atomic E-state index is 0.253. The van der Waals surface area contributed by atoms with Crippen molar-refractivity contribution in [2.75, 3.05) is 63.1 Å². The predicted octanol–water partition coefficient (Wildman–Crippen LogP) is 1.15. The molecule has 0 radical (unpaired) electrons. The summed E-state index contributed by atoms with van der Waals surface area (Å²) in [7, 11) is 1.53. The molecule has 3 aliphatic heterocycles. The Hall–Kier alpha value is -2.43. The number of hydrazine groups is 1. The maximum absolute atomic E-state index is 15.1. The zero-order chi connectivity index (χ0) is 23.4. The minimum Gasteiger partial charge on any atom is -0.495 e. The van der Waals surface area contributed by atoms with Crippen LogP contribution in [0.2, 0.25) is 0 Å². The first kappa shape index (κ1) is 23.7. The van der Waals surface area contributed by atoms with Crippen LogP contribution >= 0.6 is 0 Å². The molecule has 1 aromatic carbocycles. The molecule has 3 saturated heterocycles. The second kappa shape index (κ2) is 10.7. The molecule has 3 aliphatic rings. The van der Waals surface area contributed by atoms with Gasteiger partial charge in [-0.1, -0.05) is 0 Å². The van der Waals surface area contributed by atoms with E-state index in [0.29, 0.717) is 23.5 Å². The van der Waals surface area contributed by atoms with Gasteiger partial charge >= 0.3 is 0 Å². The van der Waals surface area contributed by atoms with Gasteiger partial charge in [0.25, 0.3) is 0 Å². The summed E-state index contributed by atoms with van der Waals surface area (Å²) in [5.41, 5.74) is 0.922. The highest BCUT2D eigenvalue weighted by molar-refractivity contribution is 6.01. The van der Waals surface area contributed by atoms with Crippen LogP contribution in [0.5, 0.6) is 5.75 Å². The normalized spacial score (nSPS) is 23.5. The number of benzene rings is 1. The zero-order valence-electron chi connectivity index (χ0n) is 19.3. The maximum Gasteiger partial charge on any atom is 0.249 e. The number of nitrogens with zero attached hydrogens (tertiary/aromatic N) is 3.